The molecule has 38 valence electrons. The van der Waals surface area contributed by atoms with Gasteiger partial charge in [0.05, 0.1) is 5.16 Å². The summed E-state index contributed by atoms with van der Waals surface area (Å²) in [7, 11) is 0. The van der Waals surface area contributed by atoms with Crippen molar-refractivity contribution in [1.82, 2.24) is 5.43 Å². The molecule has 5 heteroatoms. The summed E-state index contributed by atoms with van der Waals surface area (Å²) in [6, 6.07) is 0. The Kier molecular flexibility index (Phi) is 2.83. The minimum Gasteiger partial charge on any atom is -0.369 e. The smallest absolute Gasteiger partial charge is 0.207 e. The molecule has 0 fully saturated rings. The zero-order chi connectivity index (χ0) is 5.70. The summed E-state index contributed by atoms with van der Waals surface area (Å²) < 4.78 is 0. The van der Waals surface area contributed by atoms with Gasteiger partial charge in [0, 0.05) is 0 Å². The first kappa shape index (κ1) is 6.07. The number of guanidine groups is 1. The van der Waals surface area contributed by atoms with E-state index in [2.05, 4.69) is 22.7 Å². The maximum Gasteiger partial charge on any atom is 0.207 e. The van der Waals surface area contributed by atoms with Crippen molar-refractivity contribution in [2.75, 3.05) is 0 Å². The van der Waals surface area contributed by atoms with E-state index in [0.717, 1.165) is 0 Å². The minimum absolute atomic E-state index is 0.239. The molecule has 0 heterocycles. The third kappa shape index (κ3) is 5.07. The number of hydrogen-bond acceptors (Lipinski definition) is 3. The molecule has 0 aliphatic carbocycles. The Morgan fingerprint density at radius 3 is 2.71 bits per heavy atom. The number of nitrogens with zero attached hydrogens (tertiary/aromatic N) is 1. The summed E-state index contributed by atoms with van der Waals surface area (Å²) >= 11 is 4.14. The van der Waals surface area contributed by atoms with Gasteiger partial charge < -0.3 is 5.73 Å². The summed E-state index contributed by atoms with van der Waals surface area (Å²) in [5.41, 5.74) is 6.84. The Bertz CT molecular complexity index is 113. The van der Waals surface area contributed by atoms with E-state index in [4.69, 9.17) is 11.1 Å². The van der Waals surface area contributed by atoms with Gasteiger partial charge in [0.2, 0.25) is 5.96 Å². The molecule has 0 spiro atoms. The zero-order valence-corrected chi connectivity index (χ0v) is 4.25. The molecule has 0 unspecified atom stereocenters. The lowest BCUT2D eigenvalue weighted by Gasteiger charge is -1.86. The van der Waals surface area contributed by atoms with Crippen molar-refractivity contribution in [2.24, 2.45) is 10.8 Å². The third-order valence-corrected chi connectivity index (χ3v) is 0.313. The molecule has 0 saturated carbocycles. The highest BCUT2D eigenvalue weighted by atomic mass is 32.1. The van der Waals surface area contributed by atoms with Gasteiger partial charge in [0.1, 0.15) is 0 Å². The molecule has 0 aliphatic rings. The second-order valence-corrected chi connectivity index (χ2v) is 0.911. The number of thiocarbonyl (C=S) groups is 1. The minimum atomic E-state index is -0.239. The third-order valence-electron chi connectivity index (χ3n) is 0.222. The van der Waals surface area contributed by atoms with Gasteiger partial charge in [-0.1, -0.05) is 0 Å². The van der Waals surface area contributed by atoms with Crippen molar-refractivity contribution in [3.63, 3.8) is 0 Å². The first-order valence-corrected chi connectivity index (χ1v) is 1.85. The first-order chi connectivity index (χ1) is 3.27. The van der Waals surface area contributed by atoms with Crippen LogP contribution in [0, 0.1) is 5.41 Å². The average Bonchev–Trinajstić information content (AvgIpc) is 1.61. The molecule has 0 rings (SSSR count). The Balaban J connectivity index is 3.32. The zero-order valence-electron chi connectivity index (χ0n) is 3.43. The van der Waals surface area contributed by atoms with Gasteiger partial charge in [-0.15, -0.1) is 5.10 Å². The Morgan fingerprint density at radius 2 is 2.57 bits per heavy atom. The monoisotopic (exact) mass is 116 g/mol. The highest BCUT2D eigenvalue weighted by Gasteiger charge is 1.72. The predicted molar refractivity (Wildman–Crippen MR) is 30.1 cm³/mol. The van der Waals surface area contributed by atoms with Crippen molar-refractivity contribution in [3.05, 3.63) is 0 Å². The molecule has 0 atom stereocenters. The molecule has 0 radical (unpaired) electrons. The van der Waals surface area contributed by atoms with Crippen LogP contribution in [0.3, 0.4) is 0 Å². The molecule has 0 aliphatic heterocycles. The molecule has 0 aromatic heterocycles. The number of hydrazone groups is 1. The van der Waals surface area contributed by atoms with Crippen LogP contribution in [0.25, 0.3) is 0 Å². The summed E-state index contributed by atoms with van der Waals surface area (Å²) in [5.74, 6) is -0.239. The van der Waals surface area contributed by atoms with Gasteiger partial charge in [-0.25, -0.2) is 5.43 Å². The Morgan fingerprint density at radius 1 is 2.00 bits per heavy atom. The second-order valence-electron chi connectivity index (χ2n) is 0.729. The molecular weight excluding hydrogens is 112 g/mol. The normalized spacial score (nSPS) is 6.29. The molecule has 0 aromatic carbocycles. The van der Waals surface area contributed by atoms with E-state index in [1.807, 2.05) is 5.16 Å². The Hall–Kier alpha value is -0.930. The van der Waals surface area contributed by atoms with Crippen LogP contribution in [0.4, 0.5) is 0 Å². The fourth-order valence-electron chi connectivity index (χ4n) is 0.0830. The van der Waals surface area contributed by atoms with Crippen LogP contribution >= 0.6 is 12.2 Å². The summed E-state index contributed by atoms with van der Waals surface area (Å²) in [4.78, 5) is 0. The SMILES string of the molecule is N=C(N)NN=C=S. The van der Waals surface area contributed by atoms with Gasteiger partial charge in [-0.2, -0.15) is 0 Å². The quantitative estimate of drug-likeness (QED) is 0.187. The van der Waals surface area contributed by atoms with Crippen LogP contribution in [0.15, 0.2) is 5.10 Å². The fraction of sp³-hybridized carbons (Fsp3) is 0. The van der Waals surface area contributed by atoms with Crippen LogP contribution in [-0.2, 0) is 0 Å². The van der Waals surface area contributed by atoms with Gasteiger partial charge in [0.25, 0.3) is 0 Å². The Labute approximate surface area is 45.9 Å². The average molecular weight is 116 g/mol. The largest absolute Gasteiger partial charge is 0.369 e. The van der Waals surface area contributed by atoms with E-state index in [-0.39, 0.29) is 5.96 Å². The molecule has 7 heavy (non-hydrogen) atoms. The maximum absolute atomic E-state index is 6.48. The van der Waals surface area contributed by atoms with E-state index in [1.165, 1.54) is 0 Å². The second kappa shape index (κ2) is 3.27. The number of hydrogen-bond donors (Lipinski definition) is 3. The van der Waals surface area contributed by atoms with Gasteiger partial charge in [-0.05, 0) is 12.2 Å². The van der Waals surface area contributed by atoms with Crippen molar-refractivity contribution in [2.45, 2.75) is 0 Å². The van der Waals surface area contributed by atoms with Crippen LogP contribution in [0.2, 0.25) is 0 Å². The number of nitrogens with two attached hydrogens (primary N) is 1. The topological polar surface area (TPSA) is 74.3 Å². The molecular formula is C2H4N4S. The predicted octanol–water partition coefficient (Wildman–Crippen LogP) is -0.513. The molecule has 4 nitrogen and oxygen atoms in total. The molecule has 0 bridgehead atoms. The lowest BCUT2D eigenvalue weighted by Crippen LogP contribution is -2.24. The maximum atomic E-state index is 6.48. The lowest BCUT2D eigenvalue weighted by molar-refractivity contribution is 1.01. The van der Waals surface area contributed by atoms with Gasteiger partial charge in [-0.3, -0.25) is 5.41 Å². The molecule has 4 N–H and O–H groups in total. The van der Waals surface area contributed by atoms with Crippen LogP contribution in [0.5, 0.6) is 0 Å². The fourth-order valence-corrected chi connectivity index (χ4v) is 0.129. The number of isothiocyanates is 1. The highest BCUT2D eigenvalue weighted by molar-refractivity contribution is 7.78. The molecule has 0 amide bonds. The van der Waals surface area contributed by atoms with Crippen LogP contribution in [0.1, 0.15) is 0 Å². The molecule has 0 saturated heterocycles. The van der Waals surface area contributed by atoms with Crippen LogP contribution < -0.4 is 11.2 Å². The van der Waals surface area contributed by atoms with E-state index < -0.39 is 0 Å². The summed E-state index contributed by atoms with van der Waals surface area (Å²) in [6.45, 7) is 0. The van der Waals surface area contributed by atoms with Crippen molar-refractivity contribution >= 4 is 23.3 Å². The van der Waals surface area contributed by atoms with Gasteiger partial charge in [0.15, 0.2) is 0 Å². The number of rotatable bonds is 1. The van der Waals surface area contributed by atoms with Crippen molar-refractivity contribution in [1.29, 1.82) is 5.41 Å². The summed E-state index contributed by atoms with van der Waals surface area (Å²) in [6.07, 6.45) is 0. The standard InChI is InChI=1S/C2H4N4S/c3-2(4)6-5-1-7/h(H4,3,4,6). The van der Waals surface area contributed by atoms with Crippen molar-refractivity contribution < 1.29 is 0 Å². The summed E-state index contributed by atoms with van der Waals surface area (Å²) in [5, 5.41) is 11.6. The van der Waals surface area contributed by atoms with E-state index in [1.54, 1.807) is 0 Å². The van der Waals surface area contributed by atoms with Gasteiger partial charge >= 0.3 is 0 Å². The first-order valence-electron chi connectivity index (χ1n) is 1.44. The number of nitrogens with one attached hydrogen (secondary N) is 2. The lowest BCUT2D eigenvalue weighted by atomic mass is 11.1. The van der Waals surface area contributed by atoms with E-state index in [9.17, 15) is 0 Å². The highest BCUT2D eigenvalue weighted by Crippen LogP contribution is 1.48. The van der Waals surface area contributed by atoms with E-state index in [0.29, 0.717) is 0 Å². The van der Waals surface area contributed by atoms with Crippen LogP contribution in [-0.4, -0.2) is 11.1 Å². The van der Waals surface area contributed by atoms with Crippen molar-refractivity contribution in [3.8, 4) is 0 Å². The van der Waals surface area contributed by atoms with E-state index >= 15 is 0 Å². The molecule has 0 aromatic rings.